The van der Waals surface area contributed by atoms with Crippen LogP contribution in [-0.2, 0) is 9.59 Å². The Hall–Kier alpha value is -1.10. The van der Waals surface area contributed by atoms with Crippen LogP contribution >= 0.6 is 0 Å². The van der Waals surface area contributed by atoms with E-state index in [1.54, 1.807) is 4.90 Å². The van der Waals surface area contributed by atoms with Crippen LogP contribution in [0.1, 0.15) is 27.7 Å². The third-order valence-electron chi connectivity index (χ3n) is 2.39. The molecule has 0 bridgehead atoms. The molecule has 94 valence electrons. The number of rotatable bonds is 6. The molecule has 0 aliphatic rings. The predicted molar refractivity (Wildman–Crippen MR) is 63.8 cm³/mol. The van der Waals surface area contributed by atoms with Gasteiger partial charge in [0.25, 0.3) is 0 Å². The van der Waals surface area contributed by atoms with Crippen LogP contribution in [0.15, 0.2) is 0 Å². The maximum absolute atomic E-state index is 11.7. The summed E-state index contributed by atoms with van der Waals surface area (Å²) in [4.78, 5) is 24.2. The molecule has 0 unspecified atom stereocenters. The second-order valence-corrected chi connectivity index (χ2v) is 4.69. The number of nitrogens with two attached hydrogens (primary N) is 1. The molecular formula is C11H23N3O2. The van der Waals surface area contributed by atoms with Gasteiger partial charge in [-0.3, -0.25) is 9.59 Å². The van der Waals surface area contributed by atoms with Crippen molar-refractivity contribution in [3.8, 4) is 0 Å². The maximum Gasteiger partial charge on any atom is 0.241 e. The minimum absolute atomic E-state index is 0.0593. The van der Waals surface area contributed by atoms with Crippen LogP contribution in [0, 0.1) is 5.41 Å². The van der Waals surface area contributed by atoms with Crippen molar-refractivity contribution in [3.05, 3.63) is 0 Å². The highest BCUT2D eigenvalue weighted by atomic mass is 16.2. The van der Waals surface area contributed by atoms with E-state index in [4.69, 9.17) is 5.73 Å². The zero-order valence-electron chi connectivity index (χ0n) is 10.7. The van der Waals surface area contributed by atoms with Crippen molar-refractivity contribution in [2.45, 2.75) is 27.7 Å². The molecule has 5 heteroatoms. The molecule has 5 nitrogen and oxygen atoms in total. The Morgan fingerprint density at radius 3 is 2.31 bits per heavy atom. The molecule has 3 N–H and O–H groups in total. The molecule has 0 spiro atoms. The lowest BCUT2D eigenvalue weighted by Crippen LogP contribution is -2.45. The van der Waals surface area contributed by atoms with E-state index in [2.05, 4.69) is 5.32 Å². The molecule has 0 heterocycles. The van der Waals surface area contributed by atoms with E-state index >= 15 is 0 Å². The van der Waals surface area contributed by atoms with Gasteiger partial charge in [0.15, 0.2) is 0 Å². The van der Waals surface area contributed by atoms with E-state index in [-0.39, 0.29) is 23.8 Å². The van der Waals surface area contributed by atoms with Gasteiger partial charge in [0.05, 0.1) is 6.54 Å². The minimum atomic E-state index is -0.192. The number of hydrogen-bond donors (Lipinski definition) is 2. The summed E-state index contributed by atoms with van der Waals surface area (Å²) < 4.78 is 0. The van der Waals surface area contributed by atoms with Gasteiger partial charge in [-0.05, 0) is 18.9 Å². The first-order valence-electron chi connectivity index (χ1n) is 5.54. The Balaban J connectivity index is 4.27. The third-order valence-corrected chi connectivity index (χ3v) is 2.39. The average Bonchev–Trinajstić information content (AvgIpc) is 2.22. The van der Waals surface area contributed by atoms with Crippen molar-refractivity contribution >= 4 is 11.8 Å². The Kier molecular flexibility index (Phi) is 6.03. The molecule has 0 aromatic carbocycles. The summed E-state index contributed by atoms with van der Waals surface area (Å²) in [5, 5.41) is 2.50. The quantitative estimate of drug-likeness (QED) is 0.671. The van der Waals surface area contributed by atoms with Gasteiger partial charge in [-0.1, -0.05) is 13.8 Å². The van der Waals surface area contributed by atoms with Crippen molar-refractivity contribution in [2.75, 3.05) is 26.2 Å². The number of nitrogens with zero attached hydrogens (tertiary/aromatic N) is 1. The smallest absolute Gasteiger partial charge is 0.241 e. The number of hydrogen-bond acceptors (Lipinski definition) is 3. The number of likely N-dealkylation sites (N-methyl/N-ethyl adjacent to an activating group) is 1. The predicted octanol–water partition coefficient (Wildman–Crippen LogP) is -0.0441. The van der Waals surface area contributed by atoms with Crippen LogP contribution in [-0.4, -0.2) is 42.9 Å². The van der Waals surface area contributed by atoms with Crippen LogP contribution in [0.4, 0.5) is 0 Å². The fraction of sp³-hybridized carbons (Fsp3) is 0.818. The molecule has 0 aromatic heterocycles. The van der Waals surface area contributed by atoms with Crippen molar-refractivity contribution < 1.29 is 9.59 Å². The van der Waals surface area contributed by atoms with E-state index in [1.807, 2.05) is 20.8 Å². The van der Waals surface area contributed by atoms with Crippen molar-refractivity contribution in [1.29, 1.82) is 0 Å². The zero-order valence-corrected chi connectivity index (χ0v) is 10.7. The first-order valence-corrected chi connectivity index (χ1v) is 5.54. The average molecular weight is 229 g/mol. The van der Waals surface area contributed by atoms with Crippen LogP contribution in [0.5, 0.6) is 0 Å². The van der Waals surface area contributed by atoms with Gasteiger partial charge >= 0.3 is 0 Å². The van der Waals surface area contributed by atoms with Crippen molar-refractivity contribution in [1.82, 2.24) is 10.2 Å². The Bertz CT molecular complexity index is 252. The summed E-state index contributed by atoms with van der Waals surface area (Å²) >= 11 is 0. The van der Waals surface area contributed by atoms with E-state index in [0.717, 1.165) is 0 Å². The Morgan fingerprint density at radius 1 is 1.38 bits per heavy atom. The van der Waals surface area contributed by atoms with Crippen LogP contribution in [0.3, 0.4) is 0 Å². The largest absolute Gasteiger partial charge is 0.347 e. The van der Waals surface area contributed by atoms with Gasteiger partial charge in [-0.25, -0.2) is 0 Å². The molecule has 16 heavy (non-hydrogen) atoms. The van der Waals surface area contributed by atoms with Gasteiger partial charge in [0.1, 0.15) is 0 Å². The number of carbonyl (C=O) groups excluding carboxylic acids is 2. The summed E-state index contributed by atoms with van der Waals surface area (Å²) in [7, 11) is 0. The standard InChI is InChI=1S/C11H23N3O2/c1-5-14(8-11(3,4)7-12)10(16)6-13-9(2)15/h5-8,12H2,1-4H3,(H,13,15). The van der Waals surface area contributed by atoms with Gasteiger partial charge in [0, 0.05) is 20.0 Å². The summed E-state index contributed by atoms with van der Waals surface area (Å²) in [6, 6.07) is 0. The Labute approximate surface area is 97.4 Å². The van der Waals surface area contributed by atoms with Gasteiger partial charge in [-0.15, -0.1) is 0 Å². The SMILES string of the molecule is CCN(CC(C)(C)CN)C(=O)CNC(C)=O. The summed E-state index contributed by atoms with van der Waals surface area (Å²) in [6.45, 7) is 9.16. The maximum atomic E-state index is 11.7. The molecule has 0 aliphatic heterocycles. The molecule has 0 aliphatic carbocycles. The molecule has 0 saturated carbocycles. The van der Waals surface area contributed by atoms with Crippen LogP contribution in [0.25, 0.3) is 0 Å². The lowest BCUT2D eigenvalue weighted by atomic mass is 9.93. The second kappa shape index (κ2) is 6.48. The molecular weight excluding hydrogens is 206 g/mol. The highest BCUT2D eigenvalue weighted by molar-refractivity contribution is 5.83. The molecule has 2 amide bonds. The molecule has 0 saturated heterocycles. The molecule has 0 aromatic rings. The van der Waals surface area contributed by atoms with E-state index in [1.165, 1.54) is 6.92 Å². The molecule has 0 radical (unpaired) electrons. The van der Waals surface area contributed by atoms with E-state index < -0.39 is 0 Å². The zero-order chi connectivity index (χ0) is 12.8. The second-order valence-electron chi connectivity index (χ2n) is 4.69. The summed E-state index contributed by atoms with van der Waals surface area (Å²) in [5.74, 6) is -0.262. The topological polar surface area (TPSA) is 75.4 Å². The Morgan fingerprint density at radius 2 is 1.94 bits per heavy atom. The summed E-state index contributed by atoms with van der Waals surface area (Å²) in [5.41, 5.74) is 5.53. The van der Waals surface area contributed by atoms with Gasteiger partial charge < -0.3 is 16.0 Å². The van der Waals surface area contributed by atoms with E-state index in [0.29, 0.717) is 19.6 Å². The number of nitrogens with one attached hydrogen (secondary N) is 1. The first-order chi connectivity index (χ1) is 7.32. The van der Waals surface area contributed by atoms with Crippen LogP contribution < -0.4 is 11.1 Å². The molecule has 0 rings (SSSR count). The lowest BCUT2D eigenvalue weighted by molar-refractivity contribution is -0.133. The third kappa shape index (κ3) is 5.70. The van der Waals surface area contributed by atoms with Crippen molar-refractivity contribution in [3.63, 3.8) is 0 Å². The van der Waals surface area contributed by atoms with Gasteiger partial charge in [-0.2, -0.15) is 0 Å². The van der Waals surface area contributed by atoms with Crippen LogP contribution in [0.2, 0.25) is 0 Å². The highest BCUT2D eigenvalue weighted by Gasteiger charge is 2.22. The lowest BCUT2D eigenvalue weighted by Gasteiger charge is -2.31. The molecule has 0 fully saturated rings. The van der Waals surface area contributed by atoms with Gasteiger partial charge in [0.2, 0.25) is 11.8 Å². The fourth-order valence-corrected chi connectivity index (χ4v) is 1.27. The fourth-order valence-electron chi connectivity index (χ4n) is 1.27. The first kappa shape index (κ1) is 14.9. The molecule has 0 atom stereocenters. The summed E-state index contributed by atoms with van der Waals surface area (Å²) in [6.07, 6.45) is 0. The van der Waals surface area contributed by atoms with Crippen molar-refractivity contribution in [2.24, 2.45) is 11.1 Å². The monoisotopic (exact) mass is 229 g/mol. The minimum Gasteiger partial charge on any atom is -0.347 e. The number of amides is 2. The highest BCUT2D eigenvalue weighted by Crippen LogP contribution is 2.14. The number of carbonyl (C=O) groups is 2. The van der Waals surface area contributed by atoms with E-state index in [9.17, 15) is 9.59 Å². The normalized spacial score (nSPS) is 11.1.